The van der Waals surface area contributed by atoms with E-state index >= 15 is 0 Å². The molecule has 1 aromatic heterocycles. The van der Waals surface area contributed by atoms with Crippen molar-refractivity contribution in [2.24, 2.45) is 5.41 Å². The summed E-state index contributed by atoms with van der Waals surface area (Å²) in [4.78, 5) is 16.8. The molecule has 152 valence electrons. The van der Waals surface area contributed by atoms with Crippen molar-refractivity contribution in [1.82, 2.24) is 4.98 Å². The number of nitrogens with one attached hydrogen (secondary N) is 1. The van der Waals surface area contributed by atoms with E-state index in [9.17, 15) is 9.90 Å². The maximum atomic E-state index is 12.7. The number of nitrogens with zero attached hydrogens (tertiary/aromatic N) is 1. The van der Waals surface area contributed by atoms with E-state index in [4.69, 9.17) is 4.74 Å². The van der Waals surface area contributed by atoms with Gasteiger partial charge in [-0.05, 0) is 60.9 Å². The third-order valence-corrected chi connectivity index (χ3v) is 4.29. The van der Waals surface area contributed by atoms with Gasteiger partial charge in [0.05, 0.1) is 0 Å². The van der Waals surface area contributed by atoms with Crippen LogP contribution in [0.15, 0.2) is 36.5 Å². The number of unbranched alkanes of at least 4 members (excludes halogenated alkanes) is 1. The Kier molecular flexibility index (Phi) is 7.44. The van der Waals surface area contributed by atoms with E-state index in [1.807, 2.05) is 31.2 Å². The van der Waals surface area contributed by atoms with Gasteiger partial charge in [-0.1, -0.05) is 46.2 Å². The Morgan fingerprint density at radius 3 is 2.50 bits per heavy atom. The summed E-state index contributed by atoms with van der Waals surface area (Å²) in [7, 11) is 0. The van der Waals surface area contributed by atoms with E-state index in [0.29, 0.717) is 12.2 Å². The summed E-state index contributed by atoms with van der Waals surface area (Å²) in [6, 6.07) is 9.48. The molecule has 1 atom stereocenters. The number of rotatable bonds is 8. The fourth-order valence-electron chi connectivity index (χ4n) is 2.94. The molecule has 28 heavy (non-hydrogen) atoms. The van der Waals surface area contributed by atoms with Gasteiger partial charge < -0.3 is 15.2 Å². The fourth-order valence-corrected chi connectivity index (χ4v) is 2.94. The van der Waals surface area contributed by atoms with Crippen LogP contribution in [0.25, 0.3) is 0 Å². The molecular formula is C23H32N2O3. The number of benzene rings is 1. The van der Waals surface area contributed by atoms with Gasteiger partial charge in [0.2, 0.25) is 0 Å². The zero-order chi connectivity index (χ0) is 20.7. The molecule has 5 heteroatoms. The van der Waals surface area contributed by atoms with Gasteiger partial charge >= 0.3 is 0 Å². The van der Waals surface area contributed by atoms with Crippen LogP contribution in [-0.4, -0.2) is 22.1 Å². The van der Waals surface area contributed by atoms with Crippen molar-refractivity contribution in [2.45, 2.75) is 66.4 Å². The second kappa shape index (κ2) is 9.58. The second-order valence-corrected chi connectivity index (χ2v) is 8.50. The molecular weight excluding hydrogens is 352 g/mol. The fraction of sp³-hybridized carbons (Fsp3) is 0.478. The highest BCUT2D eigenvalue weighted by Crippen LogP contribution is 2.24. The summed E-state index contributed by atoms with van der Waals surface area (Å²) in [5.41, 5.74) is 2.28. The Morgan fingerprint density at radius 2 is 1.93 bits per heavy atom. The Labute approximate surface area is 168 Å². The molecule has 5 nitrogen and oxygen atoms in total. The predicted molar refractivity (Wildman–Crippen MR) is 113 cm³/mol. The van der Waals surface area contributed by atoms with Crippen molar-refractivity contribution in [3.8, 4) is 11.5 Å². The first kappa shape index (κ1) is 21.7. The van der Waals surface area contributed by atoms with Crippen LogP contribution in [-0.2, 0) is 11.2 Å². The molecule has 2 rings (SSSR count). The van der Waals surface area contributed by atoms with E-state index in [1.54, 1.807) is 12.3 Å². The van der Waals surface area contributed by atoms with Gasteiger partial charge in [-0.2, -0.15) is 0 Å². The van der Waals surface area contributed by atoms with Gasteiger partial charge in [0.25, 0.3) is 5.91 Å². The summed E-state index contributed by atoms with van der Waals surface area (Å²) in [5, 5.41) is 12.7. The summed E-state index contributed by atoms with van der Waals surface area (Å²) < 4.78 is 5.98. The summed E-state index contributed by atoms with van der Waals surface area (Å²) in [6.45, 7) is 10.5. The van der Waals surface area contributed by atoms with E-state index < -0.39 is 6.10 Å². The molecule has 0 spiro atoms. The molecule has 1 heterocycles. The molecule has 2 aromatic rings. The zero-order valence-electron chi connectivity index (χ0n) is 17.6. The van der Waals surface area contributed by atoms with Crippen LogP contribution in [0.4, 0.5) is 5.82 Å². The van der Waals surface area contributed by atoms with Crippen molar-refractivity contribution in [3.63, 3.8) is 0 Å². The lowest BCUT2D eigenvalue weighted by Crippen LogP contribution is -2.33. The van der Waals surface area contributed by atoms with Gasteiger partial charge in [-0.25, -0.2) is 4.98 Å². The van der Waals surface area contributed by atoms with Crippen LogP contribution in [0, 0.1) is 12.3 Å². The molecule has 2 N–H and O–H groups in total. The highest BCUT2D eigenvalue weighted by Gasteiger charge is 2.22. The number of aromatic nitrogens is 1. The van der Waals surface area contributed by atoms with E-state index in [0.717, 1.165) is 24.8 Å². The third-order valence-electron chi connectivity index (χ3n) is 4.29. The lowest BCUT2D eigenvalue weighted by Gasteiger charge is -2.20. The number of carbonyl (C=O) groups is 1. The molecule has 0 fully saturated rings. The third kappa shape index (κ3) is 6.87. The Morgan fingerprint density at radius 1 is 1.25 bits per heavy atom. The monoisotopic (exact) mass is 384 g/mol. The van der Waals surface area contributed by atoms with Gasteiger partial charge in [0, 0.05) is 6.20 Å². The number of hydrogen-bond acceptors (Lipinski definition) is 4. The minimum Gasteiger partial charge on any atom is -0.504 e. The van der Waals surface area contributed by atoms with Gasteiger partial charge in [0.1, 0.15) is 5.75 Å². The summed E-state index contributed by atoms with van der Waals surface area (Å²) in [5.74, 6) is 0.462. The highest BCUT2D eigenvalue weighted by molar-refractivity contribution is 5.94. The van der Waals surface area contributed by atoms with Crippen LogP contribution in [0.2, 0.25) is 0 Å². The van der Waals surface area contributed by atoms with Gasteiger partial charge in [-0.3, -0.25) is 4.79 Å². The predicted octanol–water partition coefficient (Wildman–Crippen LogP) is 5.26. The van der Waals surface area contributed by atoms with Crippen molar-refractivity contribution in [2.75, 3.05) is 5.32 Å². The van der Waals surface area contributed by atoms with Crippen LogP contribution in [0.1, 0.15) is 58.1 Å². The maximum Gasteiger partial charge on any atom is 0.266 e. The largest absolute Gasteiger partial charge is 0.504 e. The average Bonchev–Trinajstić information content (AvgIpc) is 2.61. The summed E-state index contributed by atoms with van der Waals surface area (Å²) in [6.07, 6.45) is 4.37. The summed E-state index contributed by atoms with van der Waals surface area (Å²) >= 11 is 0. The normalized spacial score (nSPS) is 12.5. The second-order valence-electron chi connectivity index (χ2n) is 8.50. The molecule has 1 aromatic carbocycles. The Balaban J connectivity index is 2.08. The number of carbonyl (C=O) groups excluding carboxylic acids is 1. The van der Waals surface area contributed by atoms with Crippen molar-refractivity contribution in [1.29, 1.82) is 0 Å². The highest BCUT2D eigenvalue weighted by atomic mass is 16.5. The molecule has 1 unspecified atom stereocenters. The Bertz CT molecular complexity index is 779. The van der Waals surface area contributed by atoms with E-state index in [-0.39, 0.29) is 22.9 Å². The van der Waals surface area contributed by atoms with Gasteiger partial charge in [0.15, 0.2) is 17.7 Å². The molecule has 1 amide bonds. The van der Waals surface area contributed by atoms with E-state index in [1.165, 1.54) is 5.56 Å². The first-order chi connectivity index (χ1) is 13.2. The minimum absolute atomic E-state index is 0.0471. The molecule has 0 saturated heterocycles. The quantitative estimate of drug-likeness (QED) is 0.651. The van der Waals surface area contributed by atoms with Crippen molar-refractivity contribution < 1.29 is 14.6 Å². The average molecular weight is 385 g/mol. The SMILES string of the molecule is CCCCC(Oc1ccc(CC(C)(C)C)cc1)C(=O)Nc1ncc(C)cc1O. The molecule has 0 aliphatic rings. The standard InChI is InChI=1S/C23H32N2O3/c1-6-7-8-20(22(27)25-21-19(26)13-16(2)15-24-21)28-18-11-9-17(10-12-18)14-23(3,4)5/h9-13,15,20,26H,6-8,14H2,1-5H3,(H,24,25,27). The zero-order valence-corrected chi connectivity index (χ0v) is 17.6. The topological polar surface area (TPSA) is 71.5 Å². The smallest absolute Gasteiger partial charge is 0.266 e. The first-order valence-electron chi connectivity index (χ1n) is 9.90. The molecule has 0 bridgehead atoms. The number of aromatic hydroxyl groups is 1. The molecule has 0 aliphatic carbocycles. The Hall–Kier alpha value is -2.56. The first-order valence-corrected chi connectivity index (χ1v) is 9.90. The number of amides is 1. The number of ether oxygens (including phenoxy) is 1. The molecule has 0 aliphatic heterocycles. The van der Waals surface area contributed by atoms with Crippen molar-refractivity contribution in [3.05, 3.63) is 47.7 Å². The van der Waals surface area contributed by atoms with Crippen LogP contribution in [0.5, 0.6) is 11.5 Å². The minimum atomic E-state index is -0.643. The van der Waals surface area contributed by atoms with Crippen LogP contribution in [0.3, 0.4) is 0 Å². The van der Waals surface area contributed by atoms with E-state index in [2.05, 4.69) is 38.0 Å². The van der Waals surface area contributed by atoms with Gasteiger partial charge in [-0.15, -0.1) is 0 Å². The number of anilines is 1. The van der Waals surface area contributed by atoms with Crippen molar-refractivity contribution >= 4 is 11.7 Å². The van der Waals surface area contributed by atoms with Crippen LogP contribution >= 0.6 is 0 Å². The number of hydrogen-bond donors (Lipinski definition) is 2. The lowest BCUT2D eigenvalue weighted by atomic mass is 9.88. The molecule has 0 saturated carbocycles. The maximum absolute atomic E-state index is 12.7. The number of aryl methyl sites for hydroxylation is 1. The number of pyridine rings is 1. The molecule has 0 radical (unpaired) electrons. The van der Waals surface area contributed by atoms with Crippen LogP contribution < -0.4 is 10.1 Å². The lowest BCUT2D eigenvalue weighted by molar-refractivity contribution is -0.123.